The fraction of sp³-hybridized carbons (Fsp3) is 0.688. The van der Waals surface area contributed by atoms with Crippen LogP contribution < -0.4 is 10.2 Å². The van der Waals surface area contributed by atoms with Crippen LogP contribution in [0.15, 0.2) is 18.5 Å². The van der Waals surface area contributed by atoms with Gasteiger partial charge in [-0.15, -0.1) is 0 Å². The van der Waals surface area contributed by atoms with Crippen molar-refractivity contribution in [2.45, 2.75) is 19.8 Å². The summed E-state index contributed by atoms with van der Waals surface area (Å²) < 4.78 is 0. The fourth-order valence-electron chi connectivity index (χ4n) is 3.39. The average Bonchev–Trinajstić information content (AvgIpc) is 2.50. The molecule has 2 aliphatic rings. The molecule has 2 saturated heterocycles. The lowest BCUT2D eigenvalue weighted by Gasteiger charge is -2.38. The van der Waals surface area contributed by atoms with E-state index in [-0.39, 0.29) is 0 Å². The van der Waals surface area contributed by atoms with E-state index in [4.69, 9.17) is 0 Å². The van der Waals surface area contributed by atoms with Gasteiger partial charge in [-0.25, -0.2) is 0 Å². The SMILES string of the molecule is Cc1ccncc1N1CCN(CC2CCNCC2)CC1. The smallest absolute Gasteiger partial charge is 0.0583 e. The molecule has 2 aliphatic heterocycles. The minimum Gasteiger partial charge on any atom is -0.368 e. The summed E-state index contributed by atoms with van der Waals surface area (Å²) in [6.07, 6.45) is 6.59. The molecule has 0 saturated carbocycles. The Morgan fingerprint density at radius 3 is 2.65 bits per heavy atom. The summed E-state index contributed by atoms with van der Waals surface area (Å²) in [5.74, 6) is 0.905. The first-order chi connectivity index (χ1) is 9.83. The lowest BCUT2D eigenvalue weighted by atomic mass is 9.97. The molecule has 3 heterocycles. The molecule has 0 atom stereocenters. The Morgan fingerprint density at radius 2 is 1.95 bits per heavy atom. The standard InChI is InChI=1S/C16H26N4/c1-14-2-5-18-12-16(14)20-10-8-19(9-11-20)13-15-3-6-17-7-4-15/h2,5,12,15,17H,3-4,6-11,13H2,1H3. The molecule has 0 amide bonds. The van der Waals surface area contributed by atoms with Crippen molar-refractivity contribution in [2.75, 3.05) is 50.7 Å². The molecule has 0 unspecified atom stereocenters. The van der Waals surface area contributed by atoms with Crippen LogP contribution >= 0.6 is 0 Å². The monoisotopic (exact) mass is 274 g/mol. The van der Waals surface area contributed by atoms with Gasteiger partial charge in [-0.3, -0.25) is 9.88 Å². The predicted molar refractivity (Wildman–Crippen MR) is 83.2 cm³/mol. The van der Waals surface area contributed by atoms with Gasteiger partial charge in [0.1, 0.15) is 0 Å². The van der Waals surface area contributed by atoms with Gasteiger partial charge in [0.25, 0.3) is 0 Å². The second-order valence-corrected chi connectivity index (χ2v) is 6.14. The molecule has 0 bridgehead atoms. The largest absolute Gasteiger partial charge is 0.368 e. The van der Waals surface area contributed by atoms with Gasteiger partial charge in [0.15, 0.2) is 0 Å². The molecule has 110 valence electrons. The van der Waals surface area contributed by atoms with Crippen LogP contribution in [0.1, 0.15) is 18.4 Å². The Morgan fingerprint density at radius 1 is 1.20 bits per heavy atom. The van der Waals surface area contributed by atoms with Crippen molar-refractivity contribution in [1.29, 1.82) is 0 Å². The van der Waals surface area contributed by atoms with Crippen LogP contribution in [0.5, 0.6) is 0 Å². The van der Waals surface area contributed by atoms with E-state index < -0.39 is 0 Å². The van der Waals surface area contributed by atoms with Crippen LogP contribution in [-0.2, 0) is 0 Å². The number of aromatic nitrogens is 1. The second kappa shape index (κ2) is 6.55. The van der Waals surface area contributed by atoms with Gasteiger partial charge in [-0.1, -0.05) is 0 Å². The highest BCUT2D eigenvalue weighted by Gasteiger charge is 2.22. The summed E-state index contributed by atoms with van der Waals surface area (Å²) >= 11 is 0. The molecule has 0 spiro atoms. The molecule has 4 nitrogen and oxygen atoms in total. The first kappa shape index (κ1) is 13.8. The number of nitrogens with zero attached hydrogens (tertiary/aromatic N) is 3. The van der Waals surface area contributed by atoms with Crippen molar-refractivity contribution in [3.63, 3.8) is 0 Å². The Balaban J connectivity index is 1.50. The molecule has 1 aromatic heterocycles. The zero-order chi connectivity index (χ0) is 13.8. The van der Waals surface area contributed by atoms with Crippen LogP contribution in [-0.4, -0.2) is 55.7 Å². The van der Waals surface area contributed by atoms with Crippen LogP contribution in [0, 0.1) is 12.8 Å². The highest BCUT2D eigenvalue weighted by Crippen LogP contribution is 2.21. The third-order valence-corrected chi connectivity index (χ3v) is 4.70. The van der Waals surface area contributed by atoms with Gasteiger partial charge >= 0.3 is 0 Å². The summed E-state index contributed by atoms with van der Waals surface area (Å²) in [6, 6.07) is 2.11. The molecule has 4 heteroatoms. The normalized spacial score (nSPS) is 22.1. The van der Waals surface area contributed by atoms with Crippen molar-refractivity contribution in [1.82, 2.24) is 15.2 Å². The van der Waals surface area contributed by atoms with Gasteiger partial charge in [0.2, 0.25) is 0 Å². The summed E-state index contributed by atoms with van der Waals surface area (Å²) in [5, 5.41) is 3.45. The maximum Gasteiger partial charge on any atom is 0.0583 e. The quantitative estimate of drug-likeness (QED) is 0.905. The molecule has 1 aromatic rings. The average molecular weight is 274 g/mol. The number of hydrogen-bond donors (Lipinski definition) is 1. The second-order valence-electron chi connectivity index (χ2n) is 6.14. The van der Waals surface area contributed by atoms with E-state index in [1.165, 1.54) is 56.8 Å². The van der Waals surface area contributed by atoms with Crippen molar-refractivity contribution in [3.05, 3.63) is 24.0 Å². The number of piperazine rings is 1. The lowest BCUT2D eigenvalue weighted by Crippen LogP contribution is -2.48. The van der Waals surface area contributed by atoms with Crippen LogP contribution in [0.25, 0.3) is 0 Å². The van der Waals surface area contributed by atoms with Gasteiger partial charge in [-0.05, 0) is 50.4 Å². The summed E-state index contributed by atoms with van der Waals surface area (Å²) in [6.45, 7) is 10.5. The number of nitrogens with one attached hydrogen (secondary N) is 1. The minimum absolute atomic E-state index is 0.905. The highest BCUT2D eigenvalue weighted by molar-refractivity contribution is 5.51. The van der Waals surface area contributed by atoms with Crippen molar-refractivity contribution >= 4 is 5.69 Å². The first-order valence-corrected chi connectivity index (χ1v) is 7.91. The molecule has 20 heavy (non-hydrogen) atoms. The van der Waals surface area contributed by atoms with Crippen LogP contribution in [0.3, 0.4) is 0 Å². The molecular weight excluding hydrogens is 248 g/mol. The van der Waals surface area contributed by atoms with E-state index in [2.05, 4.69) is 33.1 Å². The topological polar surface area (TPSA) is 31.4 Å². The number of pyridine rings is 1. The molecule has 0 radical (unpaired) electrons. The number of rotatable bonds is 3. The number of aryl methyl sites for hydroxylation is 1. The first-order valence-electron chi connectivity index (χ1n) is 7.91. The lowest BCUT2D eigenvalue weighted by molar-refractivity contribution is 0.196. The van der Waals surface area contributed by atoms with E-state index in [9.17, 15) is 0 Å². The van der Waals surface area contributed by atoms with E-state index in [0.717, 1.165) is 19.0 Å². The number of hydrogen-bond acceptors (Lipinski definition) is 4. The van der Waals surface area contributed by atoms with E-state index in [1.54, 1.807) is 0 Å². The Bertz CT molecular complexity index is 420. The summed E-state index contributed by atoms with van der Waals surface area (Å²) in [7, 11) is 0. The van der Waals surface area contributed by atoms with Crippen molar-refractivity contribution < 1.29 is 0 Å². The molecule has 3 rings (SSSR count). The van der Waals surface area contributed by atoms with Gasteiger partial charge in [-0.2, -0.15) is 0 Å². The Labute approximate surface area is 122 Å². The minimum atomic E-state index is 0.905. The van der Waals surface area contributed by atoms with Crippen molar-refractivity contribution in [3.8, 4) is 0 Å². The predicted octanol–water partition coefficient (Wildman–Crippen LogP) is 1.51. The fourth-order valence-corrected chi connectivity index (χ4v) is 3.39. The Hall–Kier alpha value is -1.13. The van der Waals surface area contributed by atoms with E-state index in [1.807, 2.05) is 12.4 Å². The van der Waals surface area contributed by atoms with Crippen LogP contribution in [0.2, 0.25) is 0 Å². The molecule has 0 aromatic carbocycles. The zero-order valence-corrected chi connectivity index (χ0v) is 12.5. The van der Waals surface area contributed by atoms with E-state index in [0.29, 0.717) is 0 Å². The third-order valence-electron chi connectivity index (χ3n) is 4.70. The Kier molecular flexibility index (Phi) is 4.53. The highest BCUT2D eigenvalue weighted by atomic mass is 15.3. The third kappa shape index (κ3) is 3.30. The van der Waals surface area contributed by atoms with Gasteiger partial charge in [0.05, 0.1) is 11.9 Å². The summed E-state index contributed by atoms with van der Waals surface area (Å²) in [5.41, 5.74) is 2.65. The van der Waals surface area contributed by atoms with Crippen molar-refractivity contribution in [2.24, 2.45) is 5.92 Å². The maximum absolute atomic E-state index is 4.27. The van der Waals surface area contributed by atoms with Gasteiger partial charge in [0, 0.05) is 38.9 Å². The molecule has 2 fully saturated rings. The number of piperidine rings is 1. The molecule has 0 aliphatic carbocycles. The van der Waals surface area contributed by atoms with E-state index >= 15 is 0 Å². The van der Waals surface area contributed by atoms with Gasteiger partial charge < -0.3 is 10.2 Å². The molecule has 1 N–H and O–H groups in total. The maximum atomic E-state index is 4.27. The zero-order valence-electron chi connectivity index (χ0n) is 12.5. The number of anilines is 1. The summed E-state index contributed by atoms with van der Waals surface area (Å²) in [4.78, 5) is 9.41. The van der Waals surface area contributed by atoms with Crippen LogP contribution in [0.4, 0.5) is 5.69 Å². The molecular formula is C16H26N4.